The normalized spacial score (nSPS) is 12.1. The maximum absolute atomic E-state index is 10.2. The zero-order valence-corrected chi connectivity index (χ0v) is 11.0. The van der Waals surface area contributed by atoms with Crippen molar-refractivity contribution in [1.29, 1.82) is 0 Å². The summed E-state index contributed by atoms with van der Waals surface area (Å²) in [6.45, 7) is 0. The molecule has 0 atom stereocenters. The average Bonchev–Trinajstić information content (AvgIpc) is 2.25. The first-order valence-electron chi connectivity index (χ1n) is 5.56. The summed E-state index contributed by atoms with van der Waals surface area (Å²) in [6.07, 6.45) is 15.4. The first kappa shape index (κ1) is 15.2. The molecule has 0 spiro atoms. The van der Waals surface area contributed by atoms with Crippen molar-refractivity contribution in [3.63, 3.8) is 0 Å². The van der Waals surface area contributed by atoms with Crippen LogP contribution >= 0.6 is 15.9 Å². The standard InChI is InChI=1S/C13H19BrO2/c14-12-10-8-6-4-2-1-3-5-7-9-11-13(15)16/h1-4,10,12H,5-9,11H2,(H,15,16). The number of rotatable bonds is 9. The number of aliphatic carboxylic acids is 1. The van der Waals surface area contributed by atoms with Crippen LogP contribution in [0.3, 0.4) is 0 Å². The molecule has 16 heavy (non-hydrogen) atoms. The fraction of sp³-hybridized carbons (Fsp3) is 0.462. The second kappa shape index (κ2) is 12.2. The van der Waals surface area contributed by atoms with Gasteiger partial charge in [-0.25, -0.2) is 0 Å². The van der Waals surface area contributed by atoms with Crippen molar-refractivity contribution in [2.45, 2.75) is 38.5 Å². The summed E-state index contributed by atoms with van der Waals surface area (Å²) in [7, 11) is 0. The molecule has 0 radical (unpaired) electrons. The number of halogens is 1. The highest BCUT2D eigenvalue weighted by atomic mass is 79.9. The minimum atomic E-state index is -0.705. The number of unbranched alkanes of at least 4 members (excludes halogenated alkanes) is 3. The molecule has 0 aliphatic rings. The van der Waals surface area contributed by atoms with Crippen molar-refractivity contribution in [2.24, 2.45) is 0 Å². The molecule has 0 saturated carbocycles. The summed E-state index contributed by atoms with van der Waals surface area (Å²) in [6, 6.07) is 0. The molecule has 0 amide bonds. The monoisotopic (exact) mass is 286 g/mol. The Morgan fingerprint density at radius 3 is 2.25 bits per heavy atom. The number of carboxylic acids is 1. The fourth-order valence-electron chi connectivity index (χ4n) is 1.14. The van der Waals surface area contributed by atoms with Gasteiger partial charge in [-0.2, -0.15) is 0 Å². The lowest BCUT2D eigenvalue weighted by molar-refractivity contribution is -0.137. The van der Waals surface area contributed by atoms with Crippen molar-refractivity contribution < 1.29 is 9.90 Å². The smallest absolute Gasteiger partial charge is 0.303 e. The van der Waals surface area contributed by atoms with Crippen LogP contribution in [0.2, 0.25) is 0 Å². The van der Waals surface area contributed by atoms with E-state index in [-0.39, 0.29) is 6.42 Å². The molecule has 0 aliphatic heterocycles. The lowest BCUT2D eigenvalue weighted by Crippen LogP contribution is -1.92. The molecule has 0 unspecified atom stereocenters. The summed E-state index contributed by atoms with van der Waals surface area (Å²) in [5.74, 6) is -0.705. The van der Waals surface area contributed by atoms with E-state index in [2.05, 4.69) is 34.2 Å². The first-order chi connectivity index (χ1) is 7.77. The van der Waals surface area contributed by atoms with Crippen molar-refractivity contribution >= 4 is 21.9 Å². The molecule has 3 heteroatoms. The van der Waals surface area contributed by atoms with Crippen LogP contribution < -0.4 is 0 Å². The molecule has 0 rings (SSSR count). The Labute approximate surface area is 106 Å². The van der Waals surface area contributed by atoms with Gasteiger partial charge < -0.3 is 5.11 Å². The molecular formula is C13H19BrO2. The van der Waals surface area contributed by atoms with Crippen LogP contribution in [0.25, 0.3) is 0 Å². The van der Waals surface area contributed by atoms with Gasteiger partial charge in [0.15, 0.2) is 0 Å². The Bertz CT molecular complexity index is 255. The van der Waals surface area contributed by atoms with Gasteiger partial charge >= 0.3 is 5.97 Å². The van der Waals surface area contributed by atoms with Gasteiger partial charge in [-0.3, -0.25) is 4.79 Å². The largest absolute Gasteiger partial charge is 0.481 e. The van der Waals surface area contributed by atoms with E-state index in [0.717, 1.165) is 32.1 Å². The Hall–Kier alpha value is -0.830. The minimum absolute atomic E-state index is 0.280. The SMILES string of the molecule is O=C(O)CCCCC=CC=CCCC=CBr. The van der Waals surface area contributed by atoms with Crippen LogP contribution in [0.15, 0.2) is 35.4 Å². The van der Waals surface area contributed by atoms with Gasteiger partial charge in [0.2, 0.25) is 0 Å². The summed E-state index contributed by atoms with van der Waals surface area (Å²) in [5.41, 5.74) is 0. The van der Waals surface area contributed by atoms with Crippen LogP contribution in [0, 0.1) is 0 Å². The lowest BCUT2D eigenvalue weighted by Gasteiger charge is -1.92. The van der Waals surface area contributed by atoms with E-state index in [1.807, 2.05) is 17.1 Å². The van der Waals surface area contributed by atoms with Gasteiger partial charge in [0.05, 0.1) is 0 Å². The molecular weight excluding hydrogens is 268 g/mol. The van der Waals surface area contributed by atoms with E-state index >= 15 is 0 Å². The number of hydrogen-bond acceptors (Lipinski definition) is 1. The maximum atomic E-state index is 10.2. The van der Waals surface area contributed by atoms with Gasteiger partial charge in [-0.1, -0.05) is 46.3 Å². The third-order valence-corrected chi connectivity index (χ3v) is 2.36. The quantitative estimate of drug-likeness (QED) is 0.503. The minimum Gasteiger partial charge on any atom is -0.481 e. The Morgan fingerprint density at radius 1 is 1.00 bits per heavy atom. The summed E-state index contributed by atoms with van der Waals surface area (Å²) >= 11 is 3.22. The van der Waals surface area contributed by atoms with Gasteiger partial charge in [-0.05, 0) is 37.1 Å². The van der Waals surface area contributed by atoms with Gasteiger partial charge in [0.25, 0.3) is 0 Å². The van der Waals surface area contributed by atoms with Crippen LogP contribution in [0.5, 0.6) is 0 Å². The molecule has 0 saturated heterocycles. The molecule has 0 aromatic carbocycles. The third-order valence-electron chi connectivity index (χ3n) is 1.98. The number of carboxylic acid groups (broad SMARTS) is 1. The predicted molar refractivity (Wildman–Crippen MR) is 71.7 cm³/mol. The second-order valence-corrected chi connectivity index (χ2v) is 3.96. The van der Waals surface area contributed by atoms with E-state index in [9.17, 15) is 4.79 Å². The van der Waals surface area contributed by atoms with E-state index in [1.54, 1.807) is 0 Å². The van der Waals surface area contributed by atoms with E-state index in [0.29, 0.717) is 0 Å². The molecule has 0 bridgehead atoms. The molecule has 0 aromatic heterocycles. The van der Waals surface area contributed by atoms with Crippen molar-refractivity contribution in [1.82, 2.24) is 0 Å². The van der Waals surface area contributed by atoms with Crippen molar-refractivity contribution in [3.05, 3.63) is 35.4 Å². The maximum Gasteiger partial charge on any atom is 0.303 e. The number of carbonyl (C=O) groups is 1. The highest BCUT2D eigenvalue weighted by Crippen LogP contribution is 2.01. The average molecular weight is 287 g/mol. The fourth-order valence-corrected chi connectivity index (χ4v) is 1.41. The molecule has 1 N–H and O–H groups in total. The highest BCUT2D eigenvalue weighted by Gasteiger charge is 1.93. The molecule has 0 heterocycles. The van der Waals surface area contributed by atoms with Crippen LogP contribution in [0.1, 0.15) is 38.5 Å². The molecule has 0 aromatic rings. The predicted octanol–water partition coefficient (Wildman–Crippen LogP) is 4.43. The Kier molecular flexibility index (Phi) is 11.6. The number of allylic oxidation sites excluding steroid dienone is 5. The Balaban J connectivity index is 3.30. The highest BCUT2D eigenvalue weighted by molar-refractivity contribution is 9.11. The van der Waals surface area contributed by atoms with E-state index in [1.165, 1.54) is 0 Å². The molecule has 0 aliphatic carbocycles. The molecule has 0 fully saturated rings. The first-order valence-corrected chi connectivity index (χ1v) is 6.47. The van der Waals surface area contributed by atoms with Gasteiger partial charge in [0, 0.05) is 6.42 Å². The topological polar surface area (TPSA) is 37.3 Å². The summed E-state index contributed by atoms with van der Waals surface area (Å²) in [5, 5.41) is 8.42. The van der Waals surface area contributed by atoms with E-state index < -0.39 is 5.97 Å². The van der Waals surface area contributed by atoms with E-state index in [4.69, 9.17) is 5.11 Å². The van der Waals surface area contributed by atoms with Gasteiger partial charge in [0.1, 0.15) is 0 Å². The number of hydrogen-bond donors (Lipinski definition) is 1. The zero-order valence-electron chi connectivity index (χ0n) is 9.44. The Morgan fingerprint density at radius 2 is 1.62 bits per heavy atom. The summed E-state index contributed by atoms with van der Waals surface area (Å²) in [4.78, 5) is 12.1. The van der Waals surface area contributed by atoms with Crippen molar-refractivity contribution in [2.75, 3.05) is 0 Å². The van der Waals surface area contributed by atoms with Gasteiger partial charge in [-0.15, -0.1) is 0 Å². The van der Waals surface area contributed by atoms with Crippen molar-refractivity contribution in [3.8, 4) is 0 Å². The summed E-state index contributed by atoms with van der Waals surface area (Å²) < 4.78 is 0. The van der Waals surface area contributed by atoms with Crippen LogP contribution in [-0.2, 0) is 4.79 Å². The second-order valence-electron chi connectivity index (χ2n) is 3.43. The molecule has 90 valence electrons. The third kappa shape index (κ3) is 13.2. The van der Waals surface area contributed by atoms with Crippen LogP contribution in [0.4, 0.5) is 0 Å². The van der Waals surface area contributed by atoms with Crippen LogP contribution in [-0.4, -0.2) is 11.1 Å². The lowest BCUT2D eigenvalue weighted by atomic mass is 10.2. The molecule has 2 nitrogen and oxygen atoms in total. The zero-order chi connectivity index (χ0) is 12.1.